The van der Waals surface area contributed by atoms with Gasteiger partial charge in [-0.2, -0.15) is 0 Å². The minimum atomic E-state index is 0.738. The molecule has 2 aliphatic rings. The lowest BCUT2D eigenvalue weighted by Crippen LogP contribution is -2.56. The molecule has 2 aliphatic heterocycles. The monoisotopic (exact) mass is 281 g/mol. The first kappa shape index (κ1) is 16.3. The second-order valence-corrected chi connectivity index (χ2v) is 7.35. The fourth-order valence-electron chi connectivity index (χ4n) is 4.08. The van der Waals surface area contributed by atoms with Crippen molar-refractivity contribution >= 4 is 0 Å². The first-order valence-electron chi connectivity index (χ1n) is 8.76. The molecule has 0 radical (unpaired) electrons. The average Bonchev–Trinajstić information content (AvgIpc) is 2.43. The van der Waals surface area contributed by atoms with E-state index in [0.717, 1.165) is 30.5 Å². The highest BCUT2D eigenvalue weighted by molar-refractivity contribution is 4.91. The van der Waals surface area contributed by atoms with Gasteiger partial charge < -0.3 is 10.2 Å². The van der Waals surface area contributed by atoms with E-state index in [9.17, 15) is 0 Å². The number of rotatable bonds is 6. The van der Waals surface area contributed by atoms with Crippen LogP contribution in [0.4, 0.5) is 0 Å². The molecule has 2 heterocycles. The molecule has 0 saturated carbocycles. The summed E-state index contributed by atoms with van der Waals surface area (Å²) in [5.41, 5.74) is 0. The van der Waals surface area contributed by atoms with Crippen LogP contribution >= 0.6 is 0 Å². The molecule has 0 aromatic carbocycles. The molecule has 2 saturated heterocycles. The summed E-state index contributed by atoms with van der Waals surface area (Å²) in [5.74, 6) is 1.67. The summed E-state index contributed by atoms with van der Waals surface area (Å²) in [7, 11) is 2.33. The van der Waals surface area contributed by atoms with Crippen LogP contribution in [-0.4, -0.2) is 61.7 Å². The third-order valence-electron chi connectivity index (χ3n) is 5.30. The zero-order chi connectivity index (χ0) is 14.5. The fourth-order valence-corrected chi connectivity index (χ4v) is 4.08. The standard InChI is InChI=1S/C17H35N3/c1-5-16(12-18-11-14(2)3)20-10-8-17-15(13-20)7-6-9-19(17)4/h14-18H,5-13H2,1-4H3. The molecule has 0 bridgehead atoms. The number of nitrogens with zero attached hydrogens (tertiary/aromatic N) is 2. The molecule has 20 heavy (non-hydrogen) atoms. The number of piperidine rings is 2. The zero-order valence-corrected chi connectivity index (χ0v) is 14.1. The van der Waals surface area contributed by atoms with Gasteiger partial charge in [0, 0.05) is 25.2 Å². The van der Waals surface area contributed by atoms with E-state index in [1.165, 1.54) is 51.9 Å². The highest BCUT2D eigenvalue weighted by atomic mass is 15.2. The van der Waals surface area contributed by atoms with Crippen LogP contribution in [0.25, 0.3) is 0 Å². The van der Waals surface area contributed by atoms with Gasteiger partial charge in [0.05, 0.1) is 0 Å². The molecule has 3 atom stereocenters. The number of hydrogen-bond donors (Lipinski definition) is 1. The van der Waals surface area contributed by atoms with Crippen molar-refractivity contribution in [2.45, 2.75) is 58.5 Å². The molecule has 2 fully saturated rings. The van der Waals surface area contributed by atoms with Gasteiger partial charge >= 0.3 is 0 Å². The predicted molar refractivity (Wildman–Crippen MR) is 87.1 cm³/mol. The Morgan fingerprint density at radius 1 is 1.15 bits per heavy atom. The van der Waals surface area contributed by atoms with Gasteiger partial charge in [0.1, 0.15) is 0 Å². The molecule has 0 aliphatic carbocycles. The molecule has 2 rings (SSSR count). The highest BCUT2D eigenvalue weighted by Gasteiger charge is 2.35. The Bertz CT molecular complexity index is 279. The Kier molecular flexibility index (Phi) is 6.31. The Labute approximate surface area is 126 Å². The predicted octanol–water partition coefficient (Wildman–Crippen LogP) is 2.43. The van der Waals surface area contributed by atoms with Crippen molar-refractivity contribution in [2.24, 2.45) is 11.8 Å². The van der Waals surface area contributed by atoms with Crippen LogP contribution in [0.2, 0.25) is 0 Å². The lowest BCUT2D eigenvalue weighted by molar-refractivity contribution is 0.0192. The average molecular weight is 281 g/mol. The van der Waals surface area contributed by atoms with E-state index in [4.69, 9.17) is 0 Å². The summed E-state index contributed by atoms with van der Waals surface area (Å²) >= 11 is 0. The topological polar surface area (TPSA) is 18.5 Å². The zero-order valence-electron chi connectivity index (χ0n) is 14.1. The summed E-state index contributed by atoms with van der Waals surface area (Å²) in [5, 5.41) is 3.66. The minimum absolute atomic E-state index is 0.738. The number of likely N-dealkylation sites (tertiary alicyclic amines) is 2. The van der Waals surface area contributed by atoms with Crippen LogP contribution in [0.3, 0.4) is 0 Å². The van der Waals surface area contributed by atoms with Gasteiger partial charge in [0.25, 0.3) is 0 Å². The van der Waals surface area contributed by atoms with E-state index in [2.05, 4.69) is 42.9 Å². The maximum absolute atomic E-state index is 3.66. The minimum Gasteiger partial charge on any atom is -0.315 e. The van der Waals surface area contributed by atoms with Crippen molar-refractivity contribution in [3.63, 3.8) is 0 Å². The quantitative estimate of drug-likeness (QED) is 0.807. The molecular formula is C17H35N3. The SMILES string of the molecule is CCC(CNCC(C)C)N1CCC2C(CCCN2C)C1. The van der Waals surface area contributed by atoms with Crippen LogP contribution < -0.4 is 5.32 Å². The summed E-state index contributed by atoms with van der Waals surface area (Å²) < 4.78 is 0. The van der Waals surface area contributed by atoms with Gasteiger partial charge in [-0.25, -0.2) is 0 Å². The summed E-state index contributed by atoms with van der Waals surface area (Å²) in [6.45, 7) is 13.2. The Balaban J connectivity index is 1.82. The fraction of sp³-hybridized carbons (Fsp3) is 1.00. The van der Waals surface area contributed by atoms with Gasteiger partial charge in [0.15, 0.2) is 0 Å². The van der Waals surface area contributed by atoms with E-state index in [1.54, 1.807) is 0 Å². The lowest BCUT2D eigenvalue weighted by atomic mass is 9.83. The van der Waals surface area contributed by atoms with Gasteiger partial charge in [-0.3, -0.25) is 4.90 Å². The largest absolute Gasteiger partial charge is 0.315 e. The summed E-state index contributed by atoms with van der Waals surface area (Å²) in [6, 6.07) is 1.60. The maximum atomic E-state index is 3.66. The van der Waals surface area contributed by atoms with Crippen molar-refractivity contribution in [3.8, 4) is 0 Å². The second kappa shape index (κ2) is 7.77. The van der Waals surface area contributed by atoms with Crippen LogP contribution in [-0.2, 0) is 0 Å². The molecule has 1 N–H and O–H groups in total. The molecule has 0 aromatic rings. The van der Waals surface area contributed by atoms with E-state index in [-0.39, 0.29) is 0 Å². The molecule has 0 spiro atoms. The molecule has 3 nitrogen and oxygen atoms in total. The number of hydrogen-bond acceptors (Lipinski definition) is 3. The van der Waals surface area contributed by atoms with Crippen LogP contribution in [0.5, 0.6) is 0 Å². The molecule has 0 amide bonds. The molecule has 0 aromatic heterocycles. The van der Waals surface area contributed by atoms with E-state index in [1.807, 2.05) is 0 Å². The van der Waals surface area contributed by atoms with E-state index in [0.29, 0.717) is 0 Å². The van der Waals surface area contributed by atoms with Gasteiger partial charge in [-0.05, 0) is 64.2 Å². The first-order chi connectivity index (χ1) is 9.61. The Hall–Kier alpha value is -0.120. The molecule has 3 heteroatoms. The van der Waals surface area contributed by atoms with E-state index < -0.39 is 0 Å². The highest BCUT2D eigenvalue weighted by Crippen LogP contribution is 2.30. The smallest absolute Gasteiger partial charge is 0.0218 e. The summed E-state index contributed by atoms with van der Waals surface area (Å²) in [6.07, 6.45) is 5.50. The van der Waals surface area contributed by atoms with Crippen molar-refractivity contribution in [1.29, 1.82) is 0 Å². The van der Waals surface area contributed by atoms with Crippen LogP contribution in [0.1, 0.15) is 46.5 Å². The first-order valence-corrected chi connectivity index (χ1v) is 8.76. The third-order valence-corrected chi connectivity index (χ3v) is 5.30. The van der Waals surface area contributed by atoms with Gasteiger partial charge in [-0.15, -0.1) is 0 Å². The van der Waals surface area contributed by atoms with Crippen molar-refractivity contribution < 1.29 is 0 Å². The maximum Gasteiger partial charge on any atom is 0.0218 e. The van der Waals surface area contributed by atoms with Gasteiger partial charge in [0.2, 0.25) is 0 Å². The van der Waals surface area contributed by atoms with Gasteiger partial charge in [-0.1, -0.05) is 20.8 Å². The van der Waals surface area contributed by atoms with Crippen molar-refractivity contribution in [3.05, 3.63) is 0 Å². The molecule has 118 valence electrons. The summed E-state index contributed by atoms with van der Waals surface area (Å²) in [4.78, 5) is 5.39. The number of fused-ring (bicyclic) bond motifs is 1. The molecular weight excluding hydrogens is 246 g/mol. The Morgan fingerprint density at radius 2 is 1.95 bits per heavy atom. The lowest BCUT2D eigenvalue weighted by Gasteiger charge is -2.48. The van der Waals surface area contributed by atoms with Crippen LogP contribution in [0.15, 0.2) is 0 Å². The van der Waals surface area contributed by atoms with Crippen molar-refractivity contribution in [2.75, 3.05) is 39.8 Å². The molecule has 3 unspecified atom stereocenters. The third kappa shape index (κ3) is 4.19. The normalized spacial score (nSPS) is 30.4. The second-order valence-electron chi connectivity index (χ2n) is 7.35. The van der Waals surface area contributed by atoms with Crippen LogP contribution in [0, 0.1) is 11.8 Å². The van der Waals surface area contributed by atoms with Crippen molar-refractivity contribution in [1.82, 2.24) is 15.1 Å². The Morgan fingerprint density at radius 3 is 2.65 bits per heavy atom. The van der Waals surface area contributed by atoms with E-state index >= 15 is 0 Å². The number of nitrogens with one attached hydrogen (secondary N) is 1.